The Hall–Kier alpha value is -1.55. The second-order valence-electron chi connectivity index (χ2n) is 4.81. The summed E-state index contributed by atoms with van der Waals surface area (Å²) in [5, 5.41) is 3.43. The normalized spacial score (nSPS) is 20.1. The molecule has 4 heteroatoms. The van der Waals surface area contributed by atoms with Crippen LogP contribution in [-0.4, -0.2) is 25.2 Å². The van der Waals surface area contributed by atoms with Crippen LogP contribution in [0.5, 0.6) is 5.75 Å². The SMILES string of the molecule is CCCNC(C)c1ccc(OC2CCOC2=O)cc1. The molecule has 2 atom stereocenters. The number of benzene rings is 1. The van der Waals surface area contributed by atoms with Gasteiger partial charge in [0.2, 0.25) is 0 Å². The summed E-state index contributed by atoms with van der Waals surface area (Å²) in [5.41, 5.74) is 1.22. The molecule has 1 N–H and O–H groups in total. The van der Waals surface area contributed by atoms with Crippen LogP contribution in [0, 0.1) is 0 Å². The van der Waals surface area contributed by atoms with Crippen molar-refractivity contribution in [3.05, 3.63) is 29.8 Å². The van der Waals surface area contributed by atoms with Crippen molar-refractivity contribution >= 4 is 5.97 Å². The molecule has 0 aliphatic carbocycles. The minimum atomic E-state index is -0.443. The molecule has 2 unspecified atom stereocenters. The number of ether oxygens (including phenoxy) is 2. The number of hydrogen-bond donors (Lipinski definition) is 1. The Labute approximate surface area is 114 Å². The minimum Gasteiger partial charge on any atom is -0.479 e. The molecule has 0 radical (unpaired) electrons. The van der Waals surface area contributed by atoms with Gasteiger partial charge in [-0.1, -0.05) is 19.1 Å². The molecule has 19 heavy (non-hydrogen) atoms. The molecule has 1 aliphatic rings. The van der Waals surface area contributed by atoms with Gasteiger partial charge >= 0.3 is 5.97 Å². The Morgan fingerprint density at radius 1 is 1.42 bits per heavy atom. The maximum atomic E-state index is 11.3. The fourth-order valence-corrected chi connectivity index (χ4v) is 2.06. The molecule has 0 spiro atoms. The smallest absolute Gasteiger partial charge is 0.347 e. The van der Waals surface area contributed by atoms with Gasteiger partial charge in [0, 0.05) is 12.5 Å². The molecule has 0 saturated carbocycles. The van der Waals surface area contributed by atoms with Gasteiger partial charge in [-0.25, -0.2) is 4.79 Å². The lowest BCUT2D eigenvalue weighted by Gasteiger charge is -2.15. The molecule has 1 saturated heterocycles. The average Bonchev–Trinajstić information content (AvgIpc) is 2.82. The second kappa shape index (κ2) is 6.57. The molecular weight excluding hydrogens is 242 g/mol. The third kappa shape index (κ3) is 3.70. The Balaban J connectivity index is 1.92. The van der Waals surface area contributed by atoms with E-state index in [1.54, 1.807) is 0 Å². The molecular formula is C15H21NO3. The van der Waals surface area contributed by atoms with Gasteiger partial charge in [0.25, 0.3) is 0 Å². The number of rotatable bonds is 6. The van der Waals surface area contributed by atoms with Gasteiger partial charge < -0.3 is 14.8 Å². The van der Waals surface area contributed by atoms with Crippen molar-refractivity contribution in [2.45, 2.75) is 38.8 Å². The summed E-state index contributed by atoms with van der Waals surface area (Å²) in [4.78, 5) is 11.3. The van der Waals surface area contributed by atoms with Crippen LogP contribution in [0.25, 0.3) is 0 Å². The second-order valence-corrected chi connectivity index (χ2v) is 4.81. The first-order valence-corrected chi connectivity index (χ1v) is 6.87. The Morgan fingerprint density at radius 3 is 2.74 bits per heavy atom. The summed E-state index contributed by atoms with van der Waals surface area (Å²) >= 11 is 0. The van der Waals surface area contributed by atoms with Gasteiger partial charge in [-0.3, -0.25) is 0 Å². The zero-order chi connectivity index (χ0) is 13.7. The molecule has 1 aromatic carbocycles. The summed E-state index contributed by atoms with van der Waals surface area (Å²) in [6, 6.07) is 8.20. The zero-order valence-corrected chi connectivity index (χ0v) is 11.5. The molecule has 0 aromatic heterocycles. The zero-order valence-electron chi connectivity index (χ0n) is 11.5. The van der Waals surface area contributed by atoms with Crippen molar-refractivity contribution in [3.8, 4) is 5.75 Å². The van der Waals surface area contributed by atoms with Crippen molar-refractivity contribution in [2.24, 2.45) is 0 Å². The predicted octanol–water partition coefficient (Wildman–Crippen LogP) is 2.44. The highest BCUT2D eigenvalue weighted by Crippen LogP contribution is 2.21. The van der Waals surface area contributed by atoms with Crippen LogP contribution >= 0.6 is 0 Å². The van der Waals surface area contributed by atoms with E-state index in [2.05, 4.69) is 19.2 Å². The van der Waals surface area contributed by atoms with Crippen LogP contribution in [0.1, 0.15) is 38.3 Å². The lowest BCUT2D eigenvalue weighted by Crippen LogP contribution is -2.22. The molecule has 1 aliphatic heterocycles. The third-order valence-corrected chi connectivity index (χ3v) is 3.25. The predicted molar refractivity (Wildman–Crippen MR) is 73.1 cm³/mol. The number of esters is 1. The van der Waals surface area contributed by atoms with E-state index < -0.39 is 6.10 Å². The maximum absolute atomic E-state index is 11.3. The quantitative estimate of drug-likeness (QED) is 0.801. The van der Waals surface area contributed by atoms with Crippen LogP contribution < -0.4 is 10.1 Å². The number of nitrogens with one attached hydrogen (secondary N) is 1. The Bertz CT molecular complexity index is 416. The highest BCUT2D eigenvalue weighted by atomic mass is 16.6. The van der Waals surface area contributed by atoms with Crippen LogP contribution in [0.3, 0.4) is 0 Å². The number of carbonyl (C=O) groups is 1. The number of hydrogen-bond acceptors (Lipinski definition) is 4. The van der Waals surface area contributed by atoms with E-state index in [9.17, 15) is 4.79 Å². The van der Waals surface area contributed by atoms with Gasteiger partial charge in [-0.05, 0) is 37.6 Å². The summed E-state index contributed by atoms with van der Waals surface area (Å²) in [7, 11) is 0. The van der Waals surface area contributed by atoms with E-state index in [1.807, 2.05) is 24.3 Å². The standard InChI is InChI=1S/C15H21NO3/c1-3-9-16-11(2)12-4-6-13(7-5-12)19-14-8-10-18-15(14)17/h4-7,11,14,16H,3,8-10H2,1-2H3. The molecule has 1 fully saturated rings. The van der Waals surface area contributed by atoms with Crippen LogP contribution in [-0.2, 0) is 9.53 Å². The highest BCUT2D eigenvalue weighted by molar-refractivity contribution is 5.76. The van der Waals surface area contributed by atoms with Gasteiger partial charge in [0.1, 0.15) is 5.75 Å². The van der Waals surface area contributed by atoms with Gasteiger partial charge in [0.15, 0.2) is 6.10 Å². The largest absolute Gasteiger partial charge is 0.479 e. The number of carbonyl (C=O) groups excluding carboxylic acids is 1. The average molecular weight is 263 g/mol. The van der Waals surface area contributed by atoms with E-state index in [4.69, 9.17) is 9.47 Å². The summed E-state index contributed by atoms with van der Waals surface area (Å²) < 4.78 is 10.5. The van der Waals surface area contributed by atoms with Gasteiger partial charge in [-0.2, -0.15) is 0 Å². The lowest BCUT2D eigenvalue weighted by molar-refractivity contribution is -0.143. The molecule has 4 nitrogen and oxygen atoms in total. The summed E-state index contributed by atoms with van der Waals surface area (Å²) in [6.07, 6.45) is 1.31. The van der Waals surface area contributed by atoms with E-state index >= 15 is 0 Å². The number of cyclic esters (lactones) is 1. The fraction of sp³-hybridized carbons (Fsp3) is 0.533. The lowest BCUT2D eigenvalue weighted by atomic mass is 10.1. The first-order valence-electron chi connectivity index (χ1n) is 6.87. The van der Waals surface area contributed by atoms with Gasteiger partial charge in [0.05, 0.1) is 6.61 Å². The van der Waals surface area contributed by atoms with Crippen LogP contribution in [0.2, 0.25) is 0 Å². The highest BCUT2D eigenvalue weighted by Gasteiger charge is 2.28. The van der Waals surface area contributed by atoms with Crippen molar-refractivity contribution < 1.29 is 14.3 Å². The molecule has 2 rings (SSSR count). The molecule has 1 aromatic rings. The molecule has 104 valence electrons. The molecule has 1 heterocycles. The van der Waals surface area contributed by atoms with Crippen molar-refractivity contribution in [3.63, 3.8) is 0 Å². The van der Waals surface area contributed by atoms with Crippen LogP contribution in [0.15, 0.2) is 24.3 Å². The van der Waals surface area contributed by atoms with E-state index in [0.717, 1.165) is 18.7 Å². The van der Waals surface area contributed by atoms with E-state index in [0.29, 0.717) is 19.1 Å². The Kier molecular flexibility index (Phi) is 4.80. The molecule has 0 amide bonds. The third-order valence-electron chi connectivity index (χ3n) is 3.25. The summed E-state index contributed by atoms with van der Waals surface area (Å²) in [6.45, 7) is 5.75. The van der Waals surface area contributed by atoms with Gasteiger partial charge in [-0.15, -0.1) is 0 Å². The summed E-state index contributed by atoms with van der Waals surface area (Å²) in [5.74, 6) is 0.456. The van der Waals surface area contributed by atoms with Crippen LogP contribution in [0.4, 0.5) is 0 Å². The maximum Gasteiger partial charge on any atom is 0.347 e. The monoisotopic (exact) mass is 263 g/mol. The Morgan fingerprint density at radius 2 is 2.16 bits per heavy atom. The van der Waals surface area contributed by atoms with E-state index in [1.165, 1.54) is 5.56 Å². The van der Waals surface area contributed by atoms with Crippen molar-refractivity contribution in [1.29, 1.82) is 0 Å². The first kappa shape index (κ1) is 13.9. The van der Waals surface area contributed by atoms with Crippen molar-refractivity contribution in [1.82, 2.24) is 5.32 Å². The molecule has 0 bridgehead atoms. The van der Waals surface area contributed by atoms with Crippen molar-refractivity contribution in [2.75, 3.05) is 13.2 Å². The topological polar surface area (TPSA) is 47.6 Å². The minimum absolute atomic E-state index is 0.262. The first-order chi connectivity index (χ1) is 9.20. The van der Waals surface area contributed by atoms with E-state index in [-0.39, 0.29) is 5.97 Å². The fourth-order valence-electron chi connectivity index (χ4n) is 2.06.